The monoisotopic (exact) mass is 206 g/mol. The van der Waals surface area contributed by atoms with Crippen LogP contribution in [-0.4, -0.2) is 13.1 Å². The van der Waals surface area contributed by atoms with E-state index in [1.165, 1.54) is 12.5 Å². The number of hydrogen-bond acceptors (Lipinski definition) is 3. The van der Waals surface area contributed by atoms with Crippen molar-refractivity contribution in [1.82, 2.24) is 0 Å². The Morgan fingerprint density at radius 2 is 2.27 bits per heavy atom. The summed E-state index contributed by atoms with van der Waals surface area (Å²) in [5.74, 6) is 0.312. The molecular weight excluding hydrogens is 192 g/mol. The summed E-state index contributed by atoms with van der Waals surface area (Å²) in [6.45, 7) is 1.40. The predicted octanol–water partition coefficient (Wildman–Crippen LogP) is 2.25. The lowest BCUT2D eigenvalue weighted by atomic mass is 10.1. The average molecular weight is 206 g/mol. The van der Waals surface area contributed by atoms with E-state index in [1.807, 2.05) is 18.2 Å². The van der Waals surface area contributed by atoms with Crippen LogP contribution < -0.4 is 4.74 Å². The Morgan fingerprint density at radius 1 is 1.47 bits per heavy atom. The molecule has 0 saturated carbocycles. The zero-order valence-electron chi connectivity index (χ0n) is 8.95. The number of aryl methyl sites for hydroxylation is 1. The molecule has 0 aliphatic heterocycles. The minimum atomic E-state index is -0.290. The van der Waals surface area contributed by atoms with Crippen molar-refractivity contribution in [1.29, 1.82) is 0 Å². The third kappa shape index (κ3) is 2.02. The minimum absolute atomic E-state index is 0.149. The van der Waals surface area contributed by atoms with Crippen LogP contribution in [-0.2, 0) is 16.0 Å². The molecule has 1 aromatic rings. The van der Waals surface area contributed by atoms with Crippen LogP contribution in [0.1, 0.15) is 30.6 Å². The first kappa shape index (κ1) is 10.2. The molecule has 15 heavy (non-hydrogen) atoms. The molecule has 3 heteroatoms. The zero-order chi connectivity index (χ0) is 10.8. The topological polar surface area (TPSA) is 35.5 Å². The van der Waals surface area contributed by atoms with Crippen LogP contribution in [0.2, 0.25) is 0 Å². The summed E-state index contributed by atoms with van der Waals surface area (Å²) < 4.78 is 10.4. The molecule has 0 aromatic heterocycles. The van der Waals surface area contributed by atoms with Gasteiger partial charge >= 0.3 is 5.97 Å². The van der Waals surface area contributed by atoms with Crippen LogP contribution in [0.3, 0.4) is 0 Å². The van der Waals surface area contributed by atoms with E-state index in [4.69, 9.17) is 9.47 Å². The van der Waals surface area contributed by atoms with Crippen LogP contribution in [0, 0.1) is 0 Å². The van der Waals surface area contributed by atoms with Gasteiger partial charge in [0, 0.05) is 14.0 Å². The van der Waals surface area contributed by atoms with Gasteiger partial charge in [-0.15, -0.1) is 0 Å². The number of carbonyl (C=O) groups is 1. The quantitative estimate of drug-likeness (QED) is 0.550. The van der Waals surface area contributed by atoms with Gasteiger partial charge in [0.25, 0.3) is 0 Å². The minimum Gasteiger partial charge on any atom is -0.427 e. The Morgan fingerprint density at radius 3 is 2.93 bits per heavy atom. The van der Waals surface area contributed by atoms with E-state index in [-0.39, 0.29) is 12.1 Å². The molecule has 1 aromatic carbocycles. The van der Waals surface area contributed by atoms with Gasteiger partial charge in [-0.2, -0.15) is 0 Å². The van der Waals surface area contributed by atoms with Crippen molar-refractivity contribution in [3.05, 3.63) is 29.3 Å². The lowest BCUT2D eigenvalue weighted by molar-refractivity contribution is -0.131. The van der Waals surface area contributed by atoms with Crippen LogP contribution in [0.4, 0.5) is 0 Å². The zero-order valence-corrected chi connectivity index (χ0v) is 8.95. The Balaban J connectivity index is 2.28. The van der Waals surface area contributed by atoms with E-state index < -0.39 is 0 Å². The third-order valence-electron chi connectivity index (χ3n) is 2.69. The summed E-state index contributed by atoms with van der Waals surface area (Å²) in [5.41, 5.74) is 2.44. The van der Waals surface area contributed by atoms with E-state index >= 15 is 0 Å². The summed E-state index contributed by atoms with van der Waals surface area (Å²) in [5, 5.41) is 0. The Labute approximate surface area is 89.0 Å². The van der Waals surface area contributed by atoms with E-state index in [0.29, 0.717) is 5.75 Å². The second-order valence-corrected chi connectivity index (χ2v) is 3.72. The van der Waals surface area contributed by atoms with Crippen LogP contribution in [0.25, 0.3) is 0 Å². The molecule has 80 valence electrons. The number of ether oxygens (including phenoxy) is 2. The van der Waals surface area contributed by atoms with Crippen molar-refractivity contribution in [2.45, 2.75) is 25.9 Å². The first-order chi connectivity index (χ1) is 7.20. The smallest absolute Gasteiger partial charge is 0.308 e. The Bertz CT molecular complexity index is 384. The molecule has 0 fully saturated rings. The fourth-order valence-electron chi connectivity index (χ4n) is 2.02. The number of esters is 1. The van der Waals surface area contributed by atoms with Gasteiger partial charge in [-0.05, 0) is 36.1 Å². The Hall–Kier alpha value is -1.35. The number of carbonyl (C=O) groups excluding carboxylic acids is 1. The van der Waals surface area contributed by atoms with Crippen LogP contribution in [0.15, 0.2) is 18.2 Å². The molecule has 0 radical (unpaired) electrons. The van der Waals surface area contributed by atoms with Crippen molar-refractivity contribution in [2.24, 2.45) is 0 Å². The SMILES string of the molecule is COC1CCc2ccc(OC(C)=O)cc21. The molecular formula is C12H14O3. The number of methoxy groups -OCH3 is 1. The molecule has 1 aliphatic rings. The number of fused-ring (bicyclic) bond motifs is 1. The molecule has 2 rings (SSSR count). The van der Waals surface area contributed by atoms with Gasteiger partial charge in [0.1, 0.15) is 5.75 Å². The highest BCUT2D eigenvalue weighted by Crippen LogP contribution is 2.35. The van der Waals surface area contributed by atoms with Crippen molar-refractivity contribution in [2.75, 3.05) is 7.11 Å². The summed E-state index contributed by atoms with van der Waals surface area (Å²) >= 11 is 0. The van der Waals surface area contributed by atoms with Crippen LogP contribution in [0.5, 0.6) is 5.75 Å². The van der Waals surface area contributed by atoms with Crippen molar-refractivity contribution < 1.29 is 14.3 Å². The van der Waals surface area contributed by atoms with Gasteiger partial charge in [0.2, 0.25) is 0 Å². The van der Waals surface area contributed by atoms with Crippen LogP contribution >= 0.6 is 0 Å². The highest BCUT2D eigenvalue weighted by Gasteiger charge is 2.22. The molecule has 3 nitrogen and oxygen atoms in total. The van der Waals surface area contributed by atoms with Gasteiger partial charge in [0.15, 0.2) is 0 Å². The fourth-order valence-corrected chi connectivity index (χ4v) is 2.02. The van der Waals surface area contributed by atoms with Gasteiger partial charge in [-0.1, -0.05) is 6.07 Å². The number of hydrogen-bond donors (Lipinski definition) is 0. The van der Waals surface area contributed by atoms with Crippen molar-refractivity contribution >= 4 is 5.97 Å². The van der Waals surface area contributed by atoms with Gasteiger partial charge in [-0.3, -0.25) is 4.79 Å². The molecule has 1 unspecified atom stereocenters. The maximum Gasteiger partial charge on any atom is 0.308 e. The molecule has 0 saturated heterocycles. The predicted molar refractivity (Wildman–Crippen MR) is 55.8 cm³/mol. The lowest BCUT2D eigenvalue weighted by Crippen LogP contribution is -2.02. The molecule has 0 N–H and O–H groups in total. The second-order valence-electron chi connectivity index (χ2n) is 3.72. The molecule has 1 atom stereocenters. The first-order valence-electron chi connectivity index (χ1n) is 5.04. The second kappa shape index (κ2) is 4.03. The summed E-state index contributed by atoms with van der Waals surface area (Å²) in [6.07, 6.45) is 2.19. The normalized spacial score (nSPS) is 18.7. The Kier molecular flexibility index (Phi) is 2.73. The maximum atomic E-state index is 10.8. The molecule has 1 aliphatic carbocycles. The van der Waals surface area contributed by atoms with Crippen molar-refractivity contribution in [3.63, 3.8) is 0 Å². The summed E-state index contributed by atoms with van der Waals surface area (Å²) in [4.78, 5) is 10.8. The summed E-state index contributed by atoms with van der Waals surface area (Å²) in [7, 11) is 1.71. The largest absolute Gasteiger partial charge is 0.427 e. The van der Waals surface area contributed by atoms with Gasteiger partial charge in [-0.25, -0.2) is 0 Å². The summed E-state index contributed by atoms with van der Waals surface area (Å²) in [6, 6.07) is 5.74. The fraction of sp³-hybridized carbons (Fsp3) is 0.417. The lowest BCUT2D eigenvalue weighted by Gasteiger charge is -2.10. The van der Waals surface area contributed by atoms with Crippen molar-refractivity contribution in [3.8, 4) is 5.75 Å². The molecule has 0 amide bonds. The maximum absolute atomic E-state index is 10.8. The van der Waals surface area contributed by atoms with E-state index in [1.54, 1.807) is 7.11 Å². The highest BCUT2D eigenvalue weighted by molar-refractivity contribution is 5.69. The molecule has 0 spiro atoms. The van der Waals surface area contributed by atoms with E-state index in [9.17, 15) is 4.79 Å². The van der Waals surface area contributed by atoms with E-state index in [0.717, 1.165) is 18.4 Å². The number of benzene rings is 1. The standard InChI is InChI=1S/C12H14O3/c1-8(13)15-10-5-3-9-4-6-12(14-2)11(9)7-10/h3,5,7,12H,4,6H2,1-2H3. The highest BCUT2D eigenvalue weighted by atomic mass is 16.5. The molecule has 0 bridgehead atoms. The van der Waals surface area contributed by atoms with Gasteiger partial charge in [0.05, 0.1) is 6.10 Å². The van der Waals surface area contributed by atoms with E-state index in [2.05, 4.69) is 0 Å². The average Bonchev–Trinajstić information content (AvgIpc) is 2.59. The first-order valence-corrected chi connectivity index (χ1v) is 5.04. The van der Waals surface area contributed by atoms with Gasteiger partial charge < -0.3 is 9.47 Å². The third-order valence-corrected chi connectivity index (χ3v) is 2.69. The molecule has 0 heterocycles. The number of rotatable bonds is 2.